The van der Waals surface area contributed by atoms with Crippen molar-refractivity contribution in [1.82, 2.24) is 20.1 Å². The molecule has 0 saturated heterocycles. The first-order valence-corrected chi connectivity index (χ1v) is 13.3. The van der Waals surface area contributed by atoms with Crippen molar-refractivity contribution in [2.75, 3.05) is 24.8 Å². The highest BCUT2D eigenvalue weighted by Gasteiger charge is 2.18. The molecule has 2 aromatic carbocycles. The van der Waals surface area contributed by atoms with Crippen LogP contribution in [-0.4, -0.2) is 52.3 Å². The van der Waals surface area contributed by atoms with E-state index < -0.39 is 11.6 Å². The van der Waals surface area contributed by atoms with Gasteiger partial charge in [0.2, 0.25) is 0 Å². The van der Waals surface area contributed by atoms with Gasteiger partial charge in [0.15, 0.2) is 0 Å². The third-order valence-electron chi connectivity index (χ3n) is 5.46. The fourth-order valence-corrected chi connectivity index (χ4v) is 4.16. The van der Waals surface area contributed by atoms with E-state index in [1.807, 2.05) is 26.8 Å². The summed E-state index contributed by atoms with van der Waals surface area (Å²) in [5.41, 5.74) is 1.42. The number of unbranched alkanes of at least 4 members (excludes halogenated alkanes) is 2. The molecule has 212 valence electrons. The maximum Gasteiger partial charge on any atom is 0.324 e. The van der Waals surface area contributed by atoms with Gasteiger partial charge >= 0.3 is 6.03 Å². The number of aryl methyl sites for hydroxylation is 1. The van der Waals surface area contributed by atoms with Gasteiger partial charge in [0.25, 0.3) is 6.41 Å². The van der Waals surface area contributed by atoms with Crippen molar-refractivity contribution < 1.29 is 19.2 Å². The van der Waals surface area contributed by atoms with E-state index in [0.717, 1.165) is 30.0 Å². The zero-order valence-electron chi connectivity index (χ0n) is 23.0. The lowest BCUT2D eigenvalue weighted by molar-refractivity contribution is -0.278. The second-order valence-corrected chi connectivity index (χ2v) is 10.5. The third kappa shape index (κ3) is 8.61. The highest BCUT2D eigenvalue weighted by Crippen LogP contribution is 2.31. The van der Waals surface area contributed by atoms with E-state index in [1.54, 1.807) is 38.4 Å². The van der Waals surface area contributed by atoms with Crippen LogP contribution < -0.4 is 15.4 Å². The largest absolute Gasteiger partial charge is 0.496 e. The molecule has 3 aromatic rings. The number of halogens is 2. The summed E-state index contributed by atoms with van der Waals surface area (Å²) in [4.78, 5) is 38.1. The minimum atomic E-state index is -0.550. The standard InChI is InChI=1S/C28H32Cl2N6O4/c1-28(2,3)40-36(18-37)35(4)14-9-7-6-8-11-19-15-23-20(16-24(19)39-5)26(32-17-31-23)34-27(38)33-25-21(29)12-10-13-22(25)30/h10,12-13,15-18H,6-8,11H2,1-5H3,(H2,31,32,33,34,38). The number of ether oxygens (including phenoxy) is 1. The van der Waals surface area contributed by atoms with Crippen molar-refractivity contribution in [3.8, 4) is 17.7 Å². The molecule has 1 heterocycles. The Bertz CT molecular complexity index is 1400. The van der Waals surface area contributed by atoms with Gasteiger partial charge < -0.3 is 10.1 Å². The number of para-hydroxylation sites is 1. The Hall–Kier alpha value is -3.78. The SMILES string of the molecule is COc1cc2c(NC(=O)Nc3c(Cl)cccc3Cl)ncnc2cc1CCCCC#CN(C)N(C=O)OC(C)(C)C. The number of benzene rings is 2. The number of carbonyl (C=O) groups excluding carboxylic acids is 2. The number of fused-ring (bicyclic) bond motifs is 1. The monoisotopic (exact) mass is 586 g/mol. The molecule has 12 heteroatoms. The molecule has 0 saturated carbocycles. The highest BCUT2D eigenvalue weighted by molar-refractivity contribution is 6.39. The quantitative estimate of drug-likeness (QED) is 0.0943. The maximum absolute atomic E-state index is 12.7. The molecular formula is C28H32Cl2N6O4. The van der Waals surface area contributed by atoms with Gasteiger partial charge in [-0.05, 0) is 69.9 Å². The van der Waals surface area contributed by atoms with Gasteiger partial charge in [0.05, 0.1) is 34.0 Å². The Kier molecular flexibility index (Phi) is 10.8. The number of amides is 3. The number of hydroxylamine groups is 1. The average Bonchev–Trinajstić information content (AvgIpc) is 2.90. The molecule has 40 heavy (non-hydrogen) atoms. The van der Waals surface area contributed by atoms with Crippen LogP contribution >= 0.6 is 23.2 Å². The molecule has 3 rings (SSSR count). The molecule has 3 amide bonds. The number of urea groups is 1. The number of rotatable bonds is 10. The van der Waals surface area contributed by atoms with Crippen LogP contribution in [0.3, 0.4) is 0 Å². The number of aromatic nitrogens is 2. The summed E-state index contributed by atoms with van der Waals surface area (Å²) in [7, 11) is 3.25. The van der Waals surface area contributed by atoms with E-state index >= 15 is 0 Å². The van der Waals surface area contributed by atoms with Crippen molar-refractivity contribution in [3.05, 3.63) is 52.3 Å². The summed E-state index contributed by atoms with van der Waals surface area (Å²) in [5, 5.41) is 9.13. The van der Waals surface area contributed by atoms with Gasteiger partial charge in [-0.3, -0.25) is 10.1 Å². The summed E-state index contributed by atoms with van der Waals surface area (Å²) in [6.45, 7) is 5.56. The molecule has 0 radical (unpaired) electrons. The maximum atomic E-state index is 12.7. The van der Waals surface area contributed by atoms with E-state index in [4.69, 9.17) is 32.8 Å². The van der Waals surface area contributed by atoms with Gasteiger partial charge in [0.1, 0.15) is 17.9 Å². The van der Waals surface area contributed by atoms with Crippen LogP contribution in [0.2, 0.25) is 10.0 Å². The van der Waals surface area contributed by atoms with Crippen LogP contribution in [0.5, 0.6) is 5.75 Å². The summed E-state index contributed by atoms with van der Waals surface area (Å²) in [6, 6.07) is 11.0. The molecule has 0 fully saturated rings. The summed E-state index contributed by atoms with van der Waals surface area (Å²) >= 11 is 12.3. The van der Waals surface area contributed by atoms with Crippen molar-refractivity contribution in [1.29, 1.82) is 0 Å². The molecular weight excluding hydrogens is 555 g/mol. The van der Waals surface area contributed by atoms with Crippen molar-refractivity contribution in [2.45, 2.75) is 52.1 Å². The predicted molar refractivity (Wildman–Crippen MR) is 157 cm³/mol. The van der Waals surface area contributed by atoms with Gasteiger partial charge in [-0.1, -0.05) is 35.2 Å². The Morgan fingerprint density at radius 1 is 1.12 bits per heavy atom. The number of hydrazine groups is 1. The topological polar surface area (TPSA) is 109 Å². The lowest BCUT2D eigenvalue weighted by atomic mass is 10.0. The lowest BCUT2D eigenvalue weighted by Crippen LogP contribution is -2.41. The minimum Gasteiger partial charge on any atom is -0.496 e. The second-order valence-electron chi connectivity index (χ2n) is 9.71. The molecule has 0 spiro atoms. The van der Waals surface area contributed by atoms with E-state index in [2.05, 4.69) is 32.6 Å². The molecule has 0 unspecified atom stereocenters. The van der Waals surface area contributed by atoms with E-state index in [0.29, 0.717) is 51.0 Å². The Labute approximate surface area is 243 Å². The fourth-order valence-electron chi connectivity index (χ4n) is 3.66. The second kappa shape index (κ2) is 14.0. The van der Waals surface area contributed by atoms with E-state index in [9.17, 15) is 9.59 Å². The number of hydrogen-bond donors (Lipinski definition) is 2. The first-order chi connectivity index (χ1) is 19.0. The fraction of sp³-hybridized carbons (Fsp3) is 0.357. The van der Waals surface area contributed by atoms with Gasteiger partial charge in [-0.25, -0.2) is 24.6 Å². The summed E-state index contributed by atoms with van der Waals surface area (Å²) in [5.74, 6) is 4.03. The summed E-state index contributed by atoms with van der Waals surface area (Å²) < 4.78 is 5.62. The molecule has 0 atom stereocenters. The molecule has 2 N–H and O–H groups in total. The lowest BCUT2D eigenvalue weighted by Gasteiger charge is -2.30. The molecule has 0 aliphatic carbocycles. The zero-order valence-corrected chi connectivity index (χ0v) is 24.6. The van der Waals surface area contributed by atoms with Gasteiger partial charge in [-0.2, -0.15) is 0 Å². The Balaban J connectivity index is 1.63. The number of nitrogens with one attached hydrogen (secondary N) is 2. The number of carbonyl (C=O) groups is 2. The van der Waals surface area contributed by atoms with Crippen molar-refractivity contribution in [3.63, 3.8) is 0 Å². The molecule has 0 bridgehead atoms. The van der Waals surface area contributed by atoms with Gasteiger partial charge in [0, 0.05) is 24.9 Å². The van der Waals surface area contributed by atoms with Gasteiger partial charge in [-0.15, -0.1) is 5.17 Å². The summed E-state index contributed by atoms with van der Waals surface area (Å²) in [6.07, 6.45) is 5.04. The first-order valence-electron chi connectivity index (χ1n) is 12.5. The average molecular weight is 588 g/mol. The minimum absolute atomic E-state index is 0.303. The van der Waals surface area contributed by atoms with E-state index in [-0.39, 0.29) is 0 Å². The number of anilines is 2. The van der Waals surface area contributed by atoms with Crippen molar-refractivity contribution in [2.24, 2.45) is 0 Å². The predicted octanol–water partition coefficient (Wildman–Crippen LogP) is 6.30. The number of hydrogen-bond acceptors (Lipinski definition) is 7. The van der Waals surface area contributed by atoms with Crippen LogP contribution in [0, 0.1) is 12.0 Å². The van der Waals surface area contributed by atoms with E-state index in [1.165, 1.54) is 11.3 Å². The smallest absolute Gasteiger partial charge is 0.324 e. The normalized spacial score (nSPS) is 10.9. The van der Waals surface area contributed by atoms with Crippen LogP contribution in [0.15, 0.2) is 36.7 Å². The zero-order chi connectivity index (χ0) is 29.3. The van der Waals surface area contributed by atoms with Crippen LogP contribution in [0.25, 0.3) is 10.9 Å². The Morgan fingerprint density at radius 2 is 1.85 bits per heavy atom. The van der Waals surface area contributed by atoms with Crippen LogP contribution in [-0.2, 0) is 16.1 Å². The molecule has 0 aliphatic rings. The van der Waals surface area contributed by atoms with Crippen LogP contribution in [0.4, 0.5) is 16.3 Å². The molecule has 10 nitrogen and oxygen atoms in total. The third-order valence-corrected chi connectivity index (χ3v) is 6.09. The molecule has 0 aliphatic heterocycles. The highest BCUT2D eigenvalue weighted by atomic mass is 35.5. The first kappa shape index (κ1) is 30.8. The number of nitrogens with zero attached hydrogens (tertiary/aromatic N) is 4. The molecule has 1 aromatic heterocycles. The van der Waals surface area contributed by atoms with Crippen molar-refractivity contribution >= 4 is 58.1 Å². The Morgan fingerprint density at radius 3 is 2.50 bits per heavy atom. The van der Waals surface area contributed by atoms with Crippen LogP contribution in [0.1, 0.15) is 45.6 Å². The number of methoxy groups -OCH3 is 1.